The molecule has 1 aliphatic rings. The van der Waals surface area contributed by atoms with E-state index in [0.29, 0.717) is 10.8 Å². The second-order valence-electron chi connectivity index (χ2n) is 8.83. The van der Waals surface area contributed by atoms with Crippen LogP contribution in [-0.2, 0) is 16.1 Å². The largest absolute Gasteiger partial charge is 0.484 e. The molecule has 0 aromatic heterocycles. The van der Waals surface area contributed by atoms with Crippen molar-refractivity contribution in [1.29, 1.82) is 0 Å². The van der Waals surface area contributed by atoms with Crippen molar-refractivity contribution in [2.45, 2.75) is 71.5 Å². The average molecular weight is 536 g/mol. The van der Waals surface area contributed by atoms with Crippen LogP contribution < -0.4 is 10.1 Å². The molecule has 2 aromatic carbocycles. The lowest BCUT2D eigenvalue weighted by Gasteiger charge is -2.31. The van der Waals surface area contributed by atoms with E-state index >= 15 is 0 Å². The lowest BCUT2D eigenvalue weighted by molar-refractivity contribution is -0.142. The van der Waals surface area contributed by atoms with Crippen molar-refractivity contribution in [2.75, 3.05) is 6.61 Å². The highest BCUT2D eigenvalue weighted by atomic mass is 79.9. The van der Waals surface area contributed by atoms with Crippen LogP contribution in [0.4, 0.5) is 0 Å². The van der Waals surface area contributed by atoms with E-state index in [0.717, 1.165) is 46.8 Å². The Morgan fingerprint density at radius 2 is 1.82 bits per heavy atom. The maximum absolute atomic E-state index is 13.3. The van der Waals surface area contributed by atoms with Gasteiger partial charge in [0.05, 0.1) is 0 Å². The van der Waals surface area contributed by atoms with Crippen molar-refractivity contribution in [3.63, 3.8) is 0 Å². The molecule has 1 aliphatic carbocycles. The number of halogens is 2. The number of hydrogen-bond acceptors (Lipinski definition) is 3. The van der Waals surface area contributed by atoms with Gasteiger partial charge in [-0.3, -0.25) is 9.59 Å². The highest BCUT2D eigenvalue weighted by Gasteiger charge is 2.28. The summed E-state index contributed by atoms with van der Waals surface area (Å²) in [5.74, 6) is 0.246. The summed E-state index contributed by atoms with van der Waals surface area (Å²) in [5.41, 5.74) is 2.94. The predicted molar refractivity (Wildman–Crippen MR) is 136 cm³/mol. The summed E-state index contributed by atoms with van der Waals surface area (Å²) in [7, 11) is 0. The first-order valence-corrected chi connectivity index (χ1v) is 12.7. The monoisotopic (exact) mass is 534 g/mol. The topological polar surface area (TPSA) is 58.6 Å². The van der Waals surface area contributed by atoms with Gasteiger partial charge in [-0.2, -0.15) is 0 Å². The molecule has 3 rings (SSSR count). The fourth-order valence-electron chi connectivity index (χ4n) is 4.20. The van der Waals surface area contributed by atoms with Crippen LogP contribution in [-0.4, -0.2) is 35.4 Å². The predicted octanol–water partition coefficient (Wildman–Crippen LogP) is 5.96. The molecular formula is C26H32BrClN2O3. The fourth-order valence-corrected chi connectivity index (χ4v) is 4.64. The molecule has 0 saturated heterocycles. The number of benzene rings is 2. The Morgan fingerprint density at radius 3 is 2.45 bits per heavy atom. The Labute approximate surface area is 210 Å². The number of hydrogen-bond donors (Lipinski definition) is 1. The van der Waals surface area contributed by atoms with Crippen LogP contribution in [0.15, 0.2) is 40.9 Å². The van der Waals surface area contributed by atoms with E-state index in [1.807, 2.05) is 44.2 Å². The molecule has 7 heteroatoms. The number of nitrogens with zero attached hydrogens (tertiary/aromatic N) is 1. The van der Waals surface area contributed by atoms with E-state index in [9.17, 15) is 9.59 Å². The molecule has 2 amide bonds. The molecule has 5 nitrogen and oxygen atoms in total. The van der Waals surface area contributed by atoms with Gasteiger partial charge in [-0.15, -0.1) is 0 Å². The van der Waals surface area contributed by atoms with Crippen LogP contribution in [0.1, 0.15) is 55.7 Å². The van der Waals surface area contributed by atoms with Crippen LogP contribution in [0.5, 0.6) is 5.75 Å². The van der Waals surface area contributed by atoms with Crippen LogP contribution >= 0.6 is 27.5 Å². The van der Waals surface area contributed by atoms with Gasteiger partial charge < -0.3 is 15.0 Å². The van der Waals surface area contributed by atoms with E-state index in [4.69, 9.17) is 16.3 Å². The zero-order valence-electron chi connectivity index (χ0n) is 19.5. The third-order valence-electron chi connectivity index (χ3n) is 6.13. The van der Waals surface area contributed by atoms with Crippen LogP contribution in [0.2, 0.25) is 5.02 Å². The highest BCUT2D eigenvalue weighted by Crippen LogP contribution is 2.26. The second-order valence-corrected chi connectivity index (χ2v) is 10.1. The first kappa shape index (κ1) is 25.6. The number of rotatable bonds is 8. The van der Waals surface area contributed by atoms with Crippen molar-refractivity contribution in [2.24, 2.45) is 0 Å². The molecule has 0 aliphatic heterocycles. The summed E-state index contributed by atoms with van der Waals surface area (Å²) in [5, 5.41) is 3.73. The zero-order valence-corrected chi connectivity index (χ0v) is 21.8. The molecule has 0 spiro atoms. The second kappa shape index (κ2) is 11.9. The van der Waals surface area contributed by atoms with Crippen molar-refractivity contribution in [3.8, 4) is 5.75 Å². The summed E-state index contributed by atoms with van der Waals surface area (Å²) >= 11 is 9.70. The van der Waals surface area contributed by atoms with Gasteiger partial charge in [0.15, 0.2) is 6.61 Å². The molecule has 0 bridgehead atoms. The Hall–Kier alpha value is -2.05. The highest BCUT2D eigenvalue weighted by molar-refractivity contribution is 9.10. The molecule has 33 heavy (non-hydrogen) atoms. The van der Waals surface area contributed by atoms with Crippen LogP contribution in [0.3, 0.4) is 0 Å². The molecule has 1 saturated carbocycles. The van der Waals surface area contributed by atoms with Gasteiger partial charge >= 0.3 is 0 Å². The third-order valence-corrected chi connectivity index (χ3v) is 7.62. The van der Waals surface area contributed by atoms with Gasteiger partial charge in [-0.05, 0) is 74.6 Å². The standard InChI is InChI=1S/C26H32BrClN2O3/c1-17-12-23(13-18(2)25(17)27)33-16-24(31)30(15-20-8-7-9-21(28)14-20)19(3)26(32)29-22-10-5-4-6-11-22/h7-9,12-14,19,22H,4-6,10-11,15-16H2,1-3H3,(H,29,32). The molecule has 178 valence electrons. The maximum Gasteiger partial charge on any atom is 0.261 e. The maximum atomic E-state index is 13.3. The third kappa shape index (κ3) is 7.21. The van der Waals surface area contributed by atoms with Crippen LogP contribution in [0.25, 0.3) is 0 Å². The molecular weight excluding hydrogens is 504 g/mol. The molecule has 2 aromatic rings. The summed E-state index contributed by atoms with van der Waals surface area (Å²) in [4.78, 5) is 27.9. The van der Waals surface area contributed by atoms with E-state index in [2.05, 4.69) is 21.2 Å². The molecule has 0 heterocycles. The minimum Gasteiger partial charge on any atom is -0.484 e. The first-order valence-electron chi connectivity index (χ1n) is 11.5. The molecule has 1 fully saturated rings. The van der Waals surface area contributed by atoms with Crippen molar-refractivity contribution in [3.05, 3.63) is 62.6 Å². The molecule has 1 N–H and O–H groups in total. The number of carbonyl (C=O) groups excluding carboxylic acids is 2. The normalized spacial score (nSPS) is 15.1. The Kier molecular flexibility index (Phi) is 9.21. The van der Waals surface area contributed by atoms with E-state index in [1.54, 1.807) is 17.9 Å². The Morgan fingerprint density at radius 1 is 1.15 bits per heavy atom. The minimum atomic E-state index is -0.629. The number of aryl methyl sites for hydroxylation is 2. The summed E-state index contributed by atoms with van der Waals surface area (Å²) < 4.78 is 6.86. The van der Waals surface area contributed by atoms with Crippen molar-refractivity contribution in [1.82, 2.24) is 10.2 Å². The van der Waals surface area contributed by atoms with Crippen molar-refractivity contribution < 1.29 is 14.3 Å². The van der Waals surface area contributed by atoms with Gasteiger partial charge in [0.25, 0.3) is 5.91 Å². The lowest BCUT2D eigenvalue weighted by atomic mass is 9.95. The number of ether oxygens (including phenoxy) is 1. The van der Waals surface area contributed by atoms with Gasteiger partial charge in [0.1, 0.15) is 11.8 Å². The van der Waals surface area contributed by atoms with Gasteiger partial charge in [0.2, 0.25) is 5.91 Å². The summed E-state index contributed by atoms with van der Waals surface area (Å²) in [6.07, 6.45) is 5.46. The number of nitrogens with one attached hydrogen (secondary N) is 1. The lowest BCUT2D eigenvalue weighted by Crippen LogP contribution is -2.51. The van der Waals surface area contributed by atoms with Gasteiger partial charge in [-0.1, -0.05) is 58.9 Å². The molecule has 1 unspecified atom stereocenters. The average Bonchev–Trinajstić information content (AvgIpc) is 2.79. The smallest absolute Gasteiger partial charge is 0.261 e. The summed E-state index contributed by atoms with van der Waals surface area (Å²) in [6.45, 7) is 5.86. The quantitative estimate of drug-likeness (QED) is 0.453. The fraction of sp³-hybridized carbons (Fsp3) is 0.462. The van der Waals surface area contributed by atoms with Gasteiger partial charge in [-0.25, -0.2) is 0 Å². The Balaban J connectivity index is 1.73. The number of carbonyl (C=O) groups is 2. The minimum absolute atomic E-state index is 0.132. The van der Waals surface area contributed by atoms with E-state index in [1.165, 1.54) is 6.42 Å². The van der Waals surface area contributed by atoms with E-state index < -0.39 is 6.04 Å². The van der Waals surface area contributed by atoms with Gasteiger partial charge in [0, 0.05) is 22.1 Å². The number of amides is 2. The van der Waals surface area contributed by atoms with E-state index in [-0.39, 0.29) is 31.0 Å². The zero-order chi connectivity index (χ0) is 24.0. The summed E-state index contributed by atoms with van der Waals surface area (Å²) in [6, 6.07) is 10.7. The SMILES string of the molecule is Cc1cc(OCC(=O)N(Cc2cccc(Cl)c2)C(C)C(=O)NC2CCCCC2)cc(C)c1Br. The molecule has 0 radical (unpaired) electrons. The van der Waals surface area contributed by atoms with Crippen LogP contribution in [0, 0.1) is 13.8 Å². The Bertz CT molecular complexity index is 968. The first-order chi connectivity index (χ1) is 15.7. The van der Waals surface area contributed by atoms with Crippen molar-refractivity contribution >= 4 is 39.3 Å². The molecule has 1 atom stereocenters.